The molecule has 0 unspecified atom stereocenters. The third-order valence-electron chi connectivity index (χ3n) is 4.06. The molecule has 27 heavy (non-hydrogen) atoms. The maximum absolute atomic E-state index is 12.0. The zero-order valence-electron chi connectivity index (χ0n) is 15.4. The van der Waals surface area contributed by atoms with Crippen LogP contribution in [0, 0.1) is 0 Å². The summed E-state index contributed by atoms with van der Waals surface area (Å²) in [6, 6.07) is 9.98. The molecule has 1 aromatic carbocycles. The lowest BCUT2D eigenvalue weighted by molar-refractivity contribution is 0.0952. The molecule has 0 bridgehead atoms. The average Bonchev–Trinajstić information content (AvgIpc) is 2.65. The number of pyridine rings is 1. The van der Waals surface area contributed by atoms with E-state index in [1.807, 2.05) is 0 Å². The smallest absolute Gasteiger partial charge is 0.252 e. The van der Waals surface area contributed by atoms with Crippen molar-refractivity contribution < 1.29 is 13.2 Å². The van der Waals surface area contributed by atoms with Gasteiger partial charge in [-0.3, -0.25) is 4.79 Å². The lowest BCUT2D eigenvalue weighted by atomic mass is 10.1. The van der Waals surface area contributed by atoms with Gasteiger partial charge in [0.1, 0.15) is 5.82 Å². The number of rotatable bonds is 10. The molecule has 2 rings (SSSR count). The number of amides is 1. The number of hydrogen-bond donors (Lipinski definition) is 3. The fourth-order valence-electron chi connectivity index (χ4n) is 2.49. The number of sulfonamides is 1. The molecule has 2 aromatic rings. The monoisotopic (exact) mass is 390 g/mol. The van der Waals surface area contributed by atoms with Gasteiger partial charge in [0.25, 0.3) is 5.91 Å². The summed E-state index contributed by atoms with van der Waals surface area (Å²) in [5, 5.41) is 11.1. The Bertz CT molecular complexity index is 834. The molecule has 8 heteroatoms. The number of hydrogen-bond acceptors (Lipinski definition) is 5. The first-order valence-electron chi connectivity index (χ1n) is 9.00. The molecule has 0 aliphatic heterocycles. The minimum atomic E-state index is -3.66. The van der Waals surface area contributed by atoms with E-state index in [0.717, 1.165) is 24.8 Å². The quantitative estimate of drug-likeness (QED) is 0.539. The number of nitrogens with one attached hydrogen (secondary N) is 2. The van der Waals surface area contributed by atoms with Gasteiger partial charge in [-0.05, 0) is 42.7 Å². The van der Waals surface area contributed by atoms with Gasteiger partial charge in [0.15, 0.2) is 0 Å². The van der Waals surface area contributed by atoms with E-state index in [9.17, 15) is 13.2 Å². The van der Waals surface area contributed by atoms with Crippen LogP contribution in [0.1, 0.15) is 42.1 Å². The Kier molecular flexibility index (Phi) is 7.75. The highest BCUT2D eigenvalue weighted by Crippen LogP contribution is 2.10. The fraction of sp³-hybridized carbons (Fsp3) is 0.368. The van der Waals surface area contributed by atoms with Crippen molar-refractivity contribution >= 4 is 21.7 Å². The van der Waals surface area contributed by atoms with Crippen molar-refractivity contribution in [1.82, 2.24) is 10.3 Å². The van der Waals surface area contributed by atoms with Crippen molar-refractivity contribution in [3.8, 4) is 0 Å². The van der Waals surface area contributed by atoms with Crippen molar-refractivity contribution in [2.24, 2.45) is 5.14 Å². The summed E-state index contributed by atoms with van der Waals surface area (Å²) in [6.07, 6.45) is 5.46. The largest absolute Gasteiger partial charge is 0.370 e. The number of carbonyl (C=O) groups is 1. The first-order chi connectivity index (χ1) is 12.9. The molecule has 0 aliphatic carbocycles. The minimum absolute atomic E-state index is 0.101. The Balaban J connectivity index is 1.79. The van der Waals surface area contributed by atoms with Gasteiger partial charge in [0, 0.05) is 19.3 Å². The Morgan fingerprint density at radius 2 is 1.81 bits per heavy atom. The van der Waals surface area contributed by atoms with Crippen LogP contribution in [0.2, 0.25) is 0 Å². The summed E-state index contributed by atoms with van der Waals surface area (Å²) in [7, 11) is -3.66. The topological polar surface area (TPSA) is 114 Å². The predicted molar refractivity (Wildman–Crippen MR) is 106 cm³/mol. The van der Waals surface area contributed by atoms with E-state index in [1.165, 1.54) is 12.1 Å². The highest BCUT2D eigenvalue weighted by Gasteiger charge is 2.07. The second kappa shape index (κ2) is 10.0. The molecule has 0 fully saturated rings. The van der Waals surface area contributed by atoms with Crippen molar-refractivity contribution in [3.63, 3.8) is 0 Å². The Morgan fingerprint density at radius 3 is 2.41 bits per heavy atom. The van der Waals surface area contributed by atoms with Gasteiger partial charge >= 0.3 is 0 Å². The minimum Gasteiger partial charge on any atom is -0.370 e. The molecule has 0 spiro atoms. The van der Waals surface area contributed by atoms with Crippen molar-refractivity contribution in [1.29, 1.82) is 0 Å². The molecule has 7 nitrogen and oxygen atoms in total. The Morgan fingerprint density at radius 1 is 1.07 bits per heavy atom. The third-order valence-corrected chi connectivity index (χ3v) is 4.99. The van der Waals surface area contributed by atoms with E-state index in [4.69, 9.17) is 5.14 Å². The lowest BCUT2D eigenvalue weighted by Gasteiger charge is -2.08. The second-order valence-corrected chi connectivity index (χ2v) is 7.82. The van der Waals surface area contributed by atoms with Gasteiger partial charge < -0.3 is 10.6 Å². The summed E-state index contributed by atoms with van der Waals surface area (Å²) in [4.78, 5) is 16.3. The maximum atomic E-state index is 12.0. The highest BCUT2D eigenvalue weighted by molar-refractivity contribution is 7.89. The molecule has 146 valence electrons. The summed E-state index contributed by atoms with van der Waals surface area (Å²) < 4.78 is 22.5. The standard InChI is InChI=1S/C19H26N4O3S/c1-2-3-4-12-22-19(24)16-7-10-18(23-14-16)21-13-11-15-5-8-17(9-6-15)27(20,25)26/h5-10,14H,2-4,11-13H2,1H3,(H,21,23)(H,22,24)(H2,20,25,26). The molecule has 0 saturated heterocycles. The second-order valence-electron chi connectivity index (χ2n) is 6.26. The summed E-state index contributed by atoms with van der Waals surface area (Å²) >= 11 is 0. The first-order valence-corrected chi connectivity index (χ1v) is 10.5. The van der Waals surface area contributed by atoms with Gasteiger partial charge in [0.2, 0.25) is 10.0 Å². The number of unbranched alkanes of at least 4 members (excludes halogenated alkanes) is 2. The van der Waals surface area contributed by atoms with Crippen LogP contribution in [0.4, 0.5) is 5.82 Å². The molecule has 1 heterocycles. The van der Waals surface area contributed by atoms with Gasteiger partial charge in [-0.25, -0.2) is 18.5 Å². The number of nitrogens with two attached hydrogens (primary N) is 1. The van der Waals surface area contributed by atoms with Crippen molar-refractivity contribution in [3.05, 3.63) is 53.7 Å². The zero-order valence-corrected chi connectivity index (χ0v) is 16.3. The van der Waals surface area contributed by atoms with E-state index < -0.39 is 10.0 Å². The van der Waals surface area contributed by atoms with Gasteiger partial charge in [-0.1, -0.05) is 31.9 Å². The summed E-state index contributed by atoms with van der Waals surface area (Å²) in [5.41, 5.74) is 1.52. The normalized spacial score (nSPS) is 11.2. The van der Waals surface area contributed by atoms with E-state index in [-0.39, 0.29) is 10.8 Å². The van der Waals surface area contributed by atoms with Crippen LogP contribution in [-0.2, 0) is 16.4 Å². The van der Waals surface area contributed by atoms with E-state index >= 15 is 0 Å². The average molecular weight is 391 g/mol. The van der Waals surface area contributed by atoms with Crippen molar-refractivity contribution in [2.75, 3.05) is 18.4 Å². The van der Waals surface area contributed by atoms with Crippen LogP contribution < -0.4 is 15.8 Å². The van der Waals surface area contributed by atoms with Gasteiger partial charge in [-0.2, -0.15) is 0 Å². The van der Waals surface area contributed by atoms with E-state index in [2.05, 4.69) is 22.5 Å². The molecule has 0 saturated carbocycles. The van der Waals surface area contributed by atoms with E-state index in [0.29, 0.717) is 30.9 Å². The molecule has 1 amide bonds. The van der Waals surface area contributed by atoms with Crippen LogP contribution in [0.5, 0.6) is 0 Å². The zero-order chi connectivity index (χ0) is 19.7. The van der Waals surface area contributed by atoms with Crippen LogP contribution in [0.25, 0.3) is 0 Å². The van der Waals surface area contributed by atoms with E-state index in [1.54, 1.807) is 30.5 Å². The molecular formula is C19H26N4O3S. The predicted octanol–water partition coefficient (Wildman–Crippen LogP) is 2.30. The number of carbonyl (C=O) groups excluding carboxylic acids is 1. The Labute approximate surface area is 160 Å². The van der Waals surface area contributed by atoms with Crippen molar-refractivity contribution in [2.45, 2.75) is 37.5 Å². The number of nitrogens with zero attached hydrogens (tertiary/aromatic N) is 1. The van der Waals surface area contributed by atoms with Crippen LogP contribution in [0.15, 0.2) is 47.5 Å². The molecule has 0 atom stereocenters. The number of anilines is 1. The molecule has 0 radical (unpaired) electrons. The SMILES string of the molecule is CCCCCNC(=O)c1ccc(NCCc2ccc(S(N)(=O)=O)cc2)nc1. The summed E-state index contributed by atoms with van der Waals surface area (Å²) in [5.74, 6) is 0.568. The fourth-order valence-corrected chi connectivity index (χ4v) is 3.01. The number of benzene rings is 1. The highest BCUT2D eigenvalue weighted by atomic mass is 32.2. The first kappa shape index (κ1) is 20.9. The Hall–Kier alpha value is -2.45. The van der Waals surface area contributed by atoms with Gasteiger partial charge in [-0.15, -0.1) is 0 Å². The molecular weight excluding hydrogens is 364 g/mol. The molecule has 1 aromatic heterocycles. The third kappa shape index (κ3) is 6.99. The van der Waals surface area contributed by atoms with Gasteiger partial charge in [0.05, 0.1) is 10.5 Å². The van der Waals surface area contributed by atoms with Crippen LogP contribution >= 0.6 is 0 Å². The van der Waals surface area contributed by atoms with Crippen LogP contribution in [-0.4, -0.2) is 32.4 Å². The number of aromatic nitrogens is 1. The number of primary sulfonamides is 1. The maximum Gasteiger partial charge on any atom is 0.252 e. The summed E-state index contributed by atoms with van der Waals surface area (Å²) in [6.45, 7) is 3.43. The molecule has 4 N–H and O–H groups in total. The molecule has 0 aliphatic rings. The van der Waals surface area contributed by atoms with Crippen LogP contribution in [0.3, 0.4) is 0 Å². The lowest BCUT2D eigenvalue weighted by Crippen LogP contribution is -2.24.